The minimum absolute atomic E-state index is 0.0104. The summed E-state index contributed by atoms with van der Waals surface area (Å²) in [6.07, 6.45) is 4.45. The van der Waals surface area contributed by atoms with Crippen molar-refractivity contribution in [1.82, 2.24) is 15.1 Å². The zero-order valence-electron chi connectivity index (χ0n) is 19.7. The molecule has 0 radical (unpaired) electrons. The Morgan fingerprint density at radius 2 is 1.53 bits per heavy atom. The number of benzene rings is 2. The number of likely N-dealkylation sites (tertiary alicyclic amines) is 2. The van der Waals surface area contributed by atoms with Crippen LogP contribution < -0.4 is 10.1 Å². The van der Waals surface area contributed by atoms with Crippen LogP contribution in [0.4, 0.5) is 0 Å². The molecule has 2 aliphatic heterocycles. The molecule has 2 aliphatic rings. The summed E-state index contributed by atoms with van der Waals surface area (Å²) >= 11 is 0. The van der Waals surface area contributed by atoms with Crippen LogP contribution in [0.2, 0.25) is 0 Å². The van der Waals surface area contributed by atoms with E-state index in [4.69, 9.17) is 4.74 Å². The summed E-state index contributed by atoms with van der Waals surface area (Å²) in [6, 6.07) is 15.6. The van der Waals surface area contributed by atoms with Crippen molar-refractivity contribution < 1.29 is 19.1 Å². The molecule has 3 amide bonds. The fourth-order valence-corrected chi connectivity index (χ4v) is 4.88. The van der Waals surface area contributed by atoms with Gasteiger partial charge in [0.25, 0.3) is 11.8 Å². The first-order valence-electron chi connectivity index (χ1n) is 12.1. The van der Waals surface area contributed by atoms with Crippen LogP contribution >= 0.6 is 0 Å². The fourth-order valence-electron chi connectivity index (χ4n) is 4.88. The van der Waals surface area contributed by atoms with Gasteiger partial charge in [0.1, 0.15) is 11.8 Å². The van der Waals surface area contributed by atoms with Crippen molar-refractivity contribution in [2.75, 3.05) is 33.3 Å². The third-order valence-electron chi connectivity index (χ3n) is 6.87. The molecule has 4 rings (SSSR count). The molecule has 2 heterocycles. The molecule has 0 unspecified atom stereocenters. The molecule has 2 aromatic carbocycles. The SMILES string of the molecule is COc1cccc(C(=O)N[C@H](C(=O)N2CCCCC2)C2CCN(C(=O)c3ccccc3)CC2)c1. The summed E-state index contributed by atoms with van der Waals surface area (Å²) in [5.74, 6) is 0.294. The summed E-state index contributed by atoms with van der Waals surface area (Å²) in [6.45, 7) is 2.60. The van der Waals surface area contributed by atoms with Crippen LogP contribution in [-0.2, 0) is 4.79 Å². The highest BCUT2D eigenvalue weighted by molar-refractivity contribution is 5.98. The first-order valence-corrected chi connectivity index (χ1v) is 12.1. The standard InChI is InChI=1S/C27H33N3O4/c1-34-23-12-8-11-22(19-23)25(31)28-24(27(33)29-15-6-3-7-16-29)20-13-17-30(18-14-20)26(32)21-9-4-2-5-10-21/h2,4-5,8-12,19-20,24H,3,6-7,13-18H2,1H3,(H,28,31)/t24-/m0/s1. The molecule has 0 saturated carbocycles. The third kappa shape index (κ3) is 5.58. The van der Waals surface area contributed by atoms with Crippen molar-refractivity contribution in [3.63, 3.8) is 0 Å². The second-order valence-corrected chi connectivity index (χ2v) is 9.06. The Balaban J connectivity index is 1.47. The summed E-state index contributed by atoms with van der Waals surface area (Å²) in [7, 11) is 1.56. The highest BCUT2D eigenvalue weighted by Gasteiger charge is 2.36. The van der Waals surface area contributed by atoms with Gasteiger partial charge in [0.2, 0.25) is 5.91 Å². The lowest BCUT2D eigenvalue weighted by atomic mass is 9.87. The number of methoxy groups -OCH3 is 1. The molecule has 7 nitrogen and oxygen atoms in total. The predicted molar refractivity (Wildman–Crippen MR) is 130 cm³/mol. The van der Waals surface area contributed by atoms with Crippen molar-refractivity contribution in [3.05, 3.63) is 65.7 Å². The minimum Gasteiger partial charge on any atom is -0.497 e. The number of hydrogen-bond acceptors (Lipinski definition) is 4. The number of carbonyl (C=O) groups is 3. The van der Waals surface area contributed by atoms with E-state index in [0.717, 1.165) is 32.4 Å². The number of nitrogens with zero attached hydrogens (tertiary/aromatic N) is 2. The first kappa shape index (κ1) is 23.8. The molecule has 2 fully saturated rings. The third-order valence-corrected chi connectivity index (χ3v) is 6.87. The number of hydrogen-bond donors (Lipinski definition) is 1. The molecule has 2 aromatic rings. The van der Waals surface area contributed by atoms with Gasteiger partial charge in [-0.2, -0.15) is 0 Å². The Morgan fingerprint density at radius 1 is 0.853 bits per heavy atom. The van der Waals surface area contributed by atoms with Gasteiger partial charge in [0, 0.05) is 37.3 Å². The number of carbonyl (C=O) groups excluding carboxylic acids is 3. The molecule has 180 valence electrons. The molecule has 1 atom stereocenters. The topological polar surface area (TPSA) is 79.0 Å². The normalized spacial score (nSPS) is 17.7. The Hall–Kier alpha value is -3.35. The number of rotatable bonds is 6. The van der Waals surface area contributed by atoms with E-state index in [0.29, 0.717) is 42.8 Å². The zero-order chi connectivity index (χ0) is 23.9. The van der Waals surface area contributed by atoms with Crippen LogP contribution in [0.5, 0.6) is 5.75 Å². The number of amides is 3. The zero-order valence-corrected chi connectivity index (χ0v) is 19.7. The summed E-state index contributed by atoms with van der Waals surface area (Å²) < 4.78 is 5.25. The average Bonchev–Trinajstić information content (AvgIpc) is 2.92. The van der Waals surface area contributed by atoms with Gasteiger partial charge < -0.3 is 19.9 Å². The molecular weight excluding hydrogens is 430 g/mol. The second kappa shape index (κ2) is 11.2. The maximum atomic E-state index is 13.5. The smallest absolute Gasteiger partial charge is 0.253 e. The fraction of sp³-hybridized carbons (Fsp3) is 0.444. The largest absolute Gasteiger partial charge is 0.497 e. The van der Waals surface area contributed by atoms with Crippen LogP contribution in [-0.4, -0.2) is 66.9 Å². The lowest BCUT2D eigenvalue weighted by molar-refractivity contribution is -0.136. The van der Waals surface area contributed by atoms with Crippen LogP contribution in [0, 0.1) is 5.92 Å². The van der Waals surface area contributed by atoms with Gasteiger partial charge in [-0.05, 0) is 68.4 Å². The maximum Gasteiger partial charge on any atom is 0.253 e. The van der Waals surface area contributed by atoms with E-state index < -0.39 is 6.04 Å². The van der Waals surface area contributed by atoms with Gasteiger partial charge in [-0.25, -0.2) is 0 Å². The van der Waals surface area contributed by atoms with Crippen molar-refractivity contribution in [2.45, 2.75) is 38.1 Å². The number of piperidine rings is 2. The molecule has 7 heteroatoms. The molecular formula is C27H33N3O4. The lowest BCUT2D eigenvalue weighted by Gasteiger charge is -2.38. The monoisotopic (exact) mass is 463 g/mol. The van der Waals surface area contributed by atoms with E-state index in [-0.39, 0.29) is 23.6 Å². The second-order valence-electron chi connectivity index (χ2n) is 9.06. The van der Waals surface area contributed by atoms with Gasteiger partial charge in [0.15, 0.2) is 0 Å². The molecule has 2 saturated heterocycles. The Kier molecular flexibility index (Phi) is 7.83. The lowest BCUT2D eigenvalue weighted by Crippen LogP contribution is -2.55. The molecule has 0 bridgehead atoms. The highest BCUT2D eigenvalue weighted by atomic mass is 16.5. The van der Waals surface area contributed by atoms with Crippen molar-refractivity contribution in [1.29, 1.82) is 0 Å². The van der Waals surface area contributed by atoms with E-state index in [2.05, 4.69) is 5.32 Å². The van der Waals surface area contributed by atoms with E-state index in [1.807, 2.05) is 40.1 Å². The molecule has 0 aromatic heterocycles. The van der Waals surface area contributed by atoms with Crippen LogP contribution in [0.15, 0.2) is 54.6 Å². The molecule has 34 heavy (non-hydrogen) atoms. The van der Waals surface area contributed by atoms with Crippen LogP contribution in [0.3, 0.4) is 0 Å². The Bertz CT molecular complexity index is 996. The molecule has 0 spiro atoms. The Labute approximate surface area is 201 Å². The molecule has 1 N–H and O–H groups in total. The number of ether oxygens (including phenoxy) is 1. The van der Waals surface area contributed by atoms with E-state index in [1.165, 1.54) is 0 Å². The van der Waals surface area contributed by atoms with Crippen molar-refractivity contribution >= 4 is 17.7 Å². The molecule has 0 aliphatic carbocycles. The van der Waals surface area contributed by atoms with Gasteiger partial charge in [-0.3, -0.25) is 14.4 Å². The number of nitrogens with one attached hydrogen (secondary N) is 1. The van der Waals surface area contributed by atoms with Gasteiger partial charge in [-0.15, -0.1) is 0 Å². The summed E-state index contributed by atoms with van der Waals surface area (Å²) in [4.78, 5) is 43.2. The van der Waals surface area contributed by atoms with Gasteiger partial charge >= 0.3 is 0 Å². The maximum absolute atomic E-state index is 13.5. The minimum atomic E-state index is -0.606. The Morgan fingerprint density at radius 3 is 2.21 bits per heavy atom. The van der Waals surface area contributed by atoms with Gasteiger partial charge in [-0.1, -0.05) is 24.3 Å². The van der Waals surface area contributed by atoms with Crippen molar-refractivity contribution in [2.24, 2.45) is 5.92 Å². The van der Waals surface area contributed by atoms with E-state index in [9.17, 15) is 14.4 Å². The van der Waals surface area contributed by atoms with E-state index in [1.54, 1.807) is 31.4 Å². The summed E-state index contributed by atoms with van der Waals surface area (Å²) in [5.41, 5.74) is 1.14. The van der Waals surface area contributed by atoms with E-state index >= 15 is 0 Å². The van der Waals surface area contributed by atoms with Gasteiger partial charge in [0.05, 0.1) is 7.11 Å². The summed E-state index contributed by atoms with van der Waals surface area (Å²) in [5, 5.41) is 3.04. The quantitative estimate of drug-likeness (QED) is 0.713. The average molecular weight is 464 g/mol. The van der Waals surface area contributed by atoms with Crippen LogP contribution in [0.1, 0.15) is 52.8 Å². The first-order chi connectivity index (χ1) is 16.6. The van der Waals surface area contributed by atoms with Crippen molar-refractivity contribution in [3.8, 4) is 5.75 Å². The highest BCUT2D eigenvalue weighted by Crippen LogP contribution is 2.25. The van der Waals surface area contributed by atoms with Crippen LogP contribution in [0.25, 0.3) is 0 Å². The predicted octanol–water partition coefficient (Wildman–Crippen LogP) is 3.36.